The SMILES string of the molecule is CN=C(NCCS(=O)Cc1ccccc1)NCC(c1ccc(C)s1)N1CCOCC1. The maximum absolute atomic E-state index is 12.3. The molecule has 0 bridgehead atoms. The van der Waals surface area contributed by atoms with Gasteiger partial charge in [0.15, 0.2) is 5.96 Å². The number of rotatable bonds is 9. The first-order valence-corrected chi connectivity index (χ1v) is 12.7. The van der Waals surface area contributed by atoms with Crippen LogP contribution in [0.2, 0.25) is 0 Å². The normalized spacial score (nSPS) is 17.5. The summed E-state index contributed by atoms with van der Waals surface area (Å²) in [5, 5.41) is 6.77. The van der Waals surface area contributed by atoms with E-state index in [1.165, 1.54) is 9.75 Å². The molecule has 0 radical (unpaired) electrons. The van der Waals surface area contributed by atoms with Crippen molar-refractivity contribution in [3.05, 3.63) is 57.8 Å². The van der Waals surface area contributed by atoms with E-state index in [4.69, 9.17) is 4.74 Å². The van der Waals surface area contributed by atoms with E-state index in [0.717, 1.165) is 44.4 Å². The van der Waals surface area contributed by atoms with Crippen LogP contribution >= 0.6 is 11.3 Å². The van der Waals surface area contributed by atoms with Crippen molar-refractivity contribution in [2.75, 3.05) is 52.2 Å². The Bertz CT molecular complexity index is 820. The van der Waals surface area contributed by atoms with Crippen LogP contribution in [0.3, 0.4) is 0 Å². The minimum absolute atomic E-state index is 0.290. The van der Waals surface area contributed by atoms with E-state index in [1.807, 2.05) is 41.7 Å². The Kier molecular flexibility index (Phi) is 9.32. The smallest absolute Gasteiger partial charge is 0.191 e. The molecule has 1 aromatic heterocycles. The van der Waals surface area contributed by atoms with Gasteiger partial charge in [0.25, 0.3) is 0 Å². The molecular formula is C22H32N4O2S2. The minimum Gasteiger partial charge on any atom is -0.379 e. The lowest BCUT2D eigenvalue weighted by atomic mass is 10.2. The van der Waals surface area contributed by atoms with Gasteiger partial charge in [-0.15, -0.1) is 11.3 Å². The third kappa shape index (κ3) is 7.19. The fourth-order valence-corrected chi connectivity index (χ4v) is 5.51. The van der Waals surface area contributed by atoms with Gasteiger partial charge in [-0.1, -0.05) is 30.3 Å². The Morgan fingerprint density at radius 2 is 1.97 bits per heavy atom. The lowest BCUT2D eigenvalue weighted by molar-refractivity contribution is 0.0177. The number of nitrogens with one attached hydrogen (secondary N) is 2. The summed E-state index contributed by atoms with van der Waals surface area (Å²) in [5.74, 6) is 1.93. The van der Waals surface area contributed by atoms with Gasteiger partial charge in [-0.05, 0) is 24.6 Å². The number of morpholine rings is 1. The van der Waals surface area contributed by atoms with Gasteiger partial charge in [-0.25, -0.2) is 0 Å². The van der Waals surface area contributed by atoms with E-state index in [9.17, 15) is 4.21 Å². The summed E-state index contributed by atoms with van der Waals surface area (Å²) in [4.78, 5) is 9.50. The van der Waals surface area contributed by atoms with Crippen molar-refractivity contribution in [3.63, 3.8) is 0 Å². The fourth-order valence-electron chi connectivity index (χ4n) is 3.46. The molecule has 0 amide bonds. The van der Waals surface area contributed by atoms with Crippen molar-refractivity contribution < 1.29 is 8.95 Å². The first-order chi connectivity index (χ1) is 14.7. The topological polar surface area (TPSA) is 66.0 Å². The molecule has 2 aromatic rings. The second-order valence-electron chi connectivity index (χ2n) is 7.27. The van der Waals surface area contributed by atoms with Crippen molar-refractivity contribution in [1.29, 1.82) is 0 Å². The molecule has 1 aliphatic heterocycles. The number of nitrogens with zero attached hydrogens (tertiary/aromatic N) is 2. The molecule has 6 nitrogen and oxygen atoms in total. The summed E-state index contributed by atoms with van der Waals surface area (Å²) in [6, 6.07) is 14.7. The number of hydrogen-bond donors (Lipinski definition) is 2. The molecule has 0 spiro atoms. The standard InChI is InChI=1S/C22H32N4O2S2/c1-18-8-9-21(29-18)20(26-11-13-28-14-12-26)16-25-22(23-2)24-10-15-30(27)17-19-6-4-3-5-7-19/h3-9,20H,10-17H2,1-2H3,(H2,23,24,25). The highest BCUT2D eigenvalue weighted by Crippen LogP contribution is 2.27. The third-order valence-corrected chi connectivity index (χ3v) is 7.47. The molecule has 164 valence electrons. The molecule has 1 aromatic carbocycles. The number of thiophene rings is 1. The van der Waals surface area contributed by atoms with Crippen LogP contribution in [0.1, 0.15) is 21.4 Å². The largest absolute Gasteiger partial charge is 0.379 e. The van der Waals surface area contributed by atoms with Crippen LogP contribution in [0.5, 0.6) is 0 Å². The maximum atomic E-state index is 12.3. The lowest BCUT2D eigenvalue weighted by Crippen LogP contribution is -2.46. The van der Waals surface area contributed by atoms with Gasteiger partial charge in [-0.3, -0.25) is 14.1 Å². The molecule has 0 saturated carbocycles. The van der Waals surface area contributed by atoms with Crippen LogP contribution in [-0.4, -0.2) is 67.3 Å². The second-order valence-corrected chi connectivity index (χ2v) is 10.2. The summed E-state index contributed by atoms with van der Waals surface area (Å²) in [7, 11) is 0.874. The molecule has 2 atom stereocenters. The first kappa shape index (κ1) is 22.9. The highest BCUT2D eigenvalue weighted by atomic mass is 32.2. The number of ether oxygens (including phenoxy) is 1. The number of benzene rings is 1. The molecule has 0 aliphatic carbocycles. The molecule has 8 heteroatoms. The monoisotopic (exact) mass is 448 g/mol. The maximum Gasteiger partial charge on any atom is 0.191 e. The van der Waals surface area contributed by atoms with Crippen molar-refractivity contribution in [3.8, 4) is 0 Å². The fraction of sp³-hybridized carbons (Fsp3) is 0.500. The van der Waals surface area contributed by atoms with E-state index >= 15 is 0 Å². The quantitative estimate of drug-likeness (QED) is 0.456. The Morgan fingerprint density at radius 3 is 2.63 bits per heavy atom. The Labute approximate surface area is 186 Å². The van der Waals surface area contributed by atoms with Crippen LogP contribution in [0.4, 0.5) is 0 Å². The van der Waals surface area contributed by atoms with Crippen molar-refractivity contribution in [2.45, 2.75) is 18.7 Å². The van der Waals surface area contributed by atoms with E-state index in [2.05, 4.69) is 39.6 Å². The van der Waals surface area contributed by atoms with Crippen LogP contribution in [0, 0.1) is 6.92 Å². The Morgan fingerprint density at radius 1 is 1.20 bits per heavy atom. The number of hydrogen-bond acceptors (Lipinski definition) is 5. The van der Waals surface area contributed by atoms with Crippen LogP contribution in [0.25, 0.3) is 0 Å². The Balaban J connectivity index is 1.48. The van der Waals surface area contributed by atoms with Crippen molar-refractivity contribution in [2.24, 2.45) is 4.99 Å². The van der Waals surface area contributed by atoms with Gasteiger partial charge in [0.05, 0.1) is 19.3 Å². The van der Waals surface area contributed by atoms with Gasteiger partial charge in [-0.2, -0.15) is 0 Å². The van der Waals surface area contributed by atoms with Crippen LogP contribution in [-0.2, 0) is 21.3 Å². The van der Waals surface area contributed by atoms with Crippen LogP contribution < -0.4 is 10.6 Å². The highest BCUT2D eigenvalue weighted by Gasteiger charge is 2.24. The molecule has 2 unspecified atom stereocenters. The van der Waals surface area contributed by atoms with Gasteiger partial charge < -0.3 is 15.4 Å². The second kappa shape index (κ2) is 12.2. The number of aryl methyl sites for hydroxylation is 1. The average molecular weight is 449 g/mol. The summed E-state index contributed by atoms with van der Waals surface area (Å²) in [6.07, 6.45) is 0. The zero-order valence-electron chi connectivity index (χ0n) is 17.8. The molecular weight excluding hydrogens is 416 g/mol. The van der Waals surface area contributed by atoms with Crippen LogP contribution in [0.15, 0.2) is 47.5 Å². The molecule has 3 rings (SSSR count). The molecule has 1 fully saturated rings. The zero-order valence-corrected chi connectivity index (χ0v) is 19.4. The average Bonchev–Trinajstić information content (AvgIpc) is 3.20. The summed E-state index contributed by atoms with van der Waals surface area (Å²) in [5.41, 5.74) is 1.11. The van der Waals surface area contributed by atoms with E-state index < -0.39 is 10.8 Å². The number of guanidine groups is 1. The molecule has 1 saturated heterocycles. The summed E-state index contributed by atoms with van der Waals surface area (Å²) < 4.78 is 17.9. The van der Waals surface area contributed by atoms with Gasteiger partial charge in [0.1, 0.15) is 0 Å². The predicted molar refractivity (Wildman–Crippen MR) is 127 cm³/mol. The summed E-state index contributed by atoms with van der Waals surface area (Å²) >= 11 is 1.85. The minimum atomic E-state index is -0.899. The number of aliphatic imine (C=N–C) groups is 1. The van der Waals surface area contributed by atoms with Crippen molar-refractivity contribution in [1.82, 2.24) is 15.5 Å². The zero-order chi connectivity index (χ0) is 21.2. The predicted octanol–water partition coefficient (Wildman–Crippen LogP) is 2.54. The highest BCUT2D eigenvalue weighted by molar-refractivity contribution is 7.84. The lowest BCUT2D eigenvalue weighted by Gasteiger charge is -2.34. The van der Waals surface area contributed by atoms with Gasteiger partial charge in [0, 0.05) is 65.3 Å². The van der Waals surface area contributed by atoms with Crippen molar-refractivity contribution >= 4 is 28.1 Å². The Hall–Kier alpha value is -1.74. The molecule has 30 heavy (non-hydrogen) atoms. The van der Waals surface area contributed by atoms with E-state index in [0.29, 0.717) is 24.1 Å². The molecule has 2 N–H and O–H groups in total. The third-order valence-electron chi connectivity index (χ3n) is 5.06. The van der Waals surface area contributed by atoms with Gasteiger partial charge in [0.2, 0.25) is 0 Å². The van der Waals surface area contributed by atoms with E-state index in [1.54, 1.807) is 7.05 Å². The molecule has 1 aliphatic rings. The first-order valence-electron chi connectivity index (χ1n) is 10.4. The molecule has 2 heterocycles. The van der Waals surface area contributed by atoms with Gasteiger partial charge >= 0.3 is 0 Å². The summed E-state index contributed by atoms with van der Waals surface area (Å²) in [6.45, 7) is 6.98. The van der Waals surface area contributed by atoms with E-state index in [-0.39, 0.29) is 0 Å².